The van der Waals surface area contributed by atoms with Gasteiger partial charge in [-0.05, 0) is 12.8 Å². The van der Waals surface area contributed by atoms with E-state index in [2.05, 4.69) is 10.4 Å². The smallest absolute Gasteiger partial charge is 0.244 e. The zero-order chi connectivity index (χ0) is 17.0. The van der Waals surface area contributed by atoms with Crippen LogP contribution < -0.4 is 11.1 Å². The third-order valence-electron chi connectivity index (χ3n) is 4.75. The topological polar surface area (TPSA) is 102 Å². The van der Waals surface area contributed by atoms with E-state index in [1.165, 1.54) is 4.68 Å². The van der Waals surface area contributed by atoms with E-state index < -0.39 is 5.54 Å². The van der Waals surface area contributed by atoms with Crippen LogP contribution in [-0.4, -0.2) is 58.3 Å². The largest absolute Gasteiger partial charge is 0.378 e. The van der Waals surface area contributed by atoms with Gasteiger partial charge in [0.25, 0.3) is 0 Å². The molecule has 1 saturated carbocycles. The van der Waals surface area contributed by atoms with Crippen molar-refractivity contribution in [3.05, 3.63) is 12.4 Å². The van der Waals surface area contributed by atoms with Crippen LogP contribution in [0.5, 0.6) is 0 Å². The van der Waals surface area contributed by atoms with Gasteiger partial charge in [-0.3, -0.25) is 14.3 Å². The summed E-state index contributed by atoms with van der Waals surface area (Å²) in [6.07, 6.45) is 7.74. The van der Waals surface area contributed by atoms with E-state index in [-0.39, 0.29) is 30.8 Å². The number of hydrogen-bond donors (Lipinski definition) is 2. The minimum Gasteiger partial charge on any atom is -0.378 e. The van der Waals surface area contributed by atoms with Crippen molar-refractivity contribution in [3.8, 4) is 0 Å². The third kappa shape index (κ3) is 4.93. The third-order valence-corrected chi connectivity index (χ3v) is 4.75. The molecule has 0 radical (unpaired) electrons. The standard InChI is InChI=1S/C16H25N5O3.ClH/c17-16(4-2-1-3-5-16)15(23)19-13-10-18-21(11-13)12-14(22)20-6-8-24-9-7-20;/h10-11H,1-9,12,17H2,(H,19,23);1H. The quantitative estimate of drug-likeness (QED) is 0.813. The lowest BCUT2D eigenvalue weighted by molar-refractivity contribution is -0.136. The van der Waals surface area contributed by atoms with Gasteiger partial charge in [0.05, 0.1) is 30.6 Å². The highest BCUT2D eigenvalue weighted by Crippen LogP contribution is 2.27. The number of carbonyl (C=O) groups excluding carboxylic acids is 2. The molecule has 1 aliphatic carbocycles. The Balaban J connectivity index is 0.00000225. The zero-order valence-electron chi connectivity index (χ0n) is 14.3. The number of rotatable bonds is 4. The SMILES string of the molecule is Cl.NC1(C(=O)Nc2cnn(CC(=O)N3CCOCC3)c2)CCCCC1. The van der Waals surface area contributed by atoms with E-state index in [4.69, 9.17) is 10.5 Å². The fourth-order valence-corrected chi connectivity index (χ4v) is 3.23. The number of hydrogen-bond acceptors (Lipinski definition) is 5. The number of ether oxygens (including phenoxy) is 1. The number of anilines is 1. The molecular formula is C16H26ClN5O3. The van der Waals surface area contributed by atoms with Crippen molar-refractivity contribution in [1.82, 2.24) is 14.7 Å². The van der Waals surface area contributed by atoms with Crippen LogP contribution >= 0.6 is 12.4 Å². The Morgan fingerprint density at radius 1 is 1.24 bits per heavy atom. The van der Waals surface area contributed by atoms with Crippen LogP contribution in [0.4, 0.5) is 5.69 Å². The van der Waals surface area contributed by atoms with E-state index in [9.17, 15) is 9.59 Å². The van der Waals surface area contributed by atoms with E-state index >= 15 is 0 Å². The summed E-state index contributed by atoms with van der Waals surface area (Å²) in [6, 6.07) is 0. The van der Waals surface area contributed by atoms with Crippen molar-refractivity contribution in [3.63, 3.8) is 0 Å². The molecule has 3 N–H and O–H groups in total. The molecule has 9 heteroatoms. The summed E-state index contributed by atoms with van der Waals surface area (Å²) in [4.78, 5) is 26.4. The second kappa shape index (κ2) is 8.64. The van der Waals surface area contributed by atoms with Crippen molar-refractivity contribution < 1.29 is 14.3 Å². The van der Waals surface area contributed by atoms with Crippen LogP contribution in [0.3, 0.4) is 0 Å². The van der Waals surface area contributed by atoms with E-state index in [1.807, 2.05) is 0 Å². The number of nitrogens with two attached hydrogens (primary N) is 1. The van der Waals surface area contributed by atoms with Gasteiger partial charge in [0.1, 0.15) is 6.54 Å². The number of aromatic nitrogens is 2. The van der Waals surface area contributed by atoms with Gasteiger partial charge in [-0.25, -0.2) is 0 Å². The molecule has 2 amide bonds. The summed E-state index contributed by atoms with van der Waals surface area (Å²) < 4.78 is 6.78. The van der Waals surface area contributed by atoms with E-state index in [0.29, 0.717) is 44.8 Å². The number of carbonyl (C=O) groups is 2. The average Bonchev–Trinajstić information content (AvgIpc) is 3.03. The molecule has 2 aliphatic rings. The molecule has 0 atom stereocenters. The maximum Gasteiger partial charge on any atom is 0.244 e. The zero-order valence-corrected chi connectivity index (χ0v) is 15.1. The van der Waals surface area contributed by atoms with Crippen LogP contribution in [0.1, 0.15) is 32.1 Å². The van der Waals surface area contributed by atoms with Gasteiger partial charge in [-0.15, -0.1) is 12.4 Å². The molecule has 0 unspecified atom stereocenters. The molecule has 2 heterocycles. The normalized spacial score (nSPS) is 19.8. The number of morpholine rings is 1. The molecule has 2 fully saturated rings. The van der Waals surface area contributed by atoms with Crippen molar-refractivity contribution >= 4 is 29.9 Å². The monoisotopic (exact) mass is 371 g/mol. The molecule has 3 rings (SSSR count). The average molecular weight is 372 g/mol. The highest BCUT2D eigenvalue weighted by molar-refractivity contribution is 5.97. The first-order chi connectivity index (χ1) is 11.6. The van der Waals surface area contributed by atoms with Gasteiger partial charge < -0.3 is 20.7 Å². The molecule has 0 spiro atoms. The molecule has 1 saturated heterocycles. The first-order valence-electron chi connectivity index (χ1n) is 8.55. The summed E-state index contributed by atoms with van der Waals surface area (Å²) >= 11 is 0. The highest BCUT2D eigenvalue weighted by atomic mass is 35.5. The van der Waals surface area contributed by atoms with Gasteiger partial charge in [-0.2, -0.15) is 5.10 Å². The van der Waals surface area contributed by atoms with Gasteiger partial charge in [0, 0.05) is 19.3 Å². The van der Waals surface area contributed by atoms with Gasteiger partial charge in [0.15, 0.2) is 0 Å². The van der Waals surface area contributed by atoms with Crippen LogP contribution in [0.2, 0.25) is 0 Å². The molecule has 0 bridgehead atoms. The second-order valence-electron chi connectivity index (χ2n) is 6.59. The molecule has 1 aromatic heterocycles. The highest BCUT2D eigenvalue weighted by Gasteiger charge is 2.35. The molecule has 25 heavy (non-hydrogen) atoms. The predicted molar refractivity (Wildman–Crippen MR) is 95.5 cm³/mol. The minimum atomic E-state index is -0.788. The molecule has 1 aliphatic heterocycles. The number of halogens is 1. The second-order valence-corrected chi connectivity index (χ2v) is 6.59. The van der Waals surface area contributed by atoms with Crippen LogP contribution in [-0.2, 0) is 20.9 Å². The number of nitrogens with one attached hydrogen (secondary N) is 1. The van der Waals surface area contributed by atoms with E-state index in [1.54, 1.807) is 17.3 Å². The van der Waals surface area contributed by atoms with Crippen molar-refractivity contribution in [1.29, 1.82) is 0 Å². The van der Waals surface area contributed by atoms with Gasteiger partial charge >= 0.3 is 0 Å². The Bertz CT molecular complexity index is 594. The maximum atomic E-state index is 12.4. The van der Waals surface area contributed by atoms with Crippen LogP contribution in [0.15, 0.2) is 12.4 Å². The summed E-state index contributed by atoms with van der Waals surface area (Å²) in [5.74, 6) is -0.164. The van der Waals surface area contributed by atoms with Crippen LogP contribution in [0.25, 0.3) is 0 Å². The van der Waals surface area contributed by atoms with Crippen molar-refractivity contribution in [2.45, 2.75) is 44.2 Å². The van der Waals surface area contributed by atoms with Crippen LogP contribution in [0, 0.1) is 0 Å². The maximum absolute atomic E-state index is 12.4. The Hall–Kier alpha value is -1.64. The molecular weight excluding hydrogens is 346 g/mol. The predicted octanol–water partition coefficient (Wildman–Crippen LogP) is 0.764. The first kappa shape index (κ1) is 19.7. The Morgan fingerprint density at radius 3 is 2.60 bits per heavy atom. The fourth-order valence-electron chi connectivity index (χ4n) is 3.23. The van der Waals surface area contributed by atoms with Crippen molar-refractivity contribution in [2.75, 3.05) is 31.6 Å². The molecule has 8 nitrogen and oxygen atoms in total. The first-order valence-corrected chi connectivity index (χ1v) is 8.55. The van der Waals surface area contributed by atoms with E-state index in [0.717, 1.165) is 19.3 Å². The van der Waals surface area contributed by atoms with Crippen molar-refractivity contribution in [2.24, 2.45) is 5.73 Å². The minimum absolute atomic E-state index is 0. The number of amides is 2. The fraction of sp³-hybridized carbons (Fsp3) is 0.688. The summed E-state index contributed by atoms with van der Waals surface area (Å²) in [7, 11) is 0. The molecule has 140 valence electrons. The lowest BCUT2D eigenvalue weighted by Crippen LogP contribution is -2.52. The Morgan fingerprint density at radius 2 is 1.92 bits per heavy atom. The molecule has 0 aromatic carbocycles. The summed E-state index contributed by atoms with van der Waals surface area (Å²) in [5, 5.41) is 6.99. The lowest BCUT2D eigenvalue weighted by atomic mass is 9.82. The lowest BCUT2D eigenvalue weighted by Gasteiger charge is -2.31. The summed E-state index contributed by atoms with van der Waals surface area (Å²) in [6.45, 7) is 2.53. The summed E-state index contributed by atoms with van der Waals surface area (Å²) in [5.41, 5.74) is 6.01. The van der Waals surface area contributed by atoms with Gasteiger partial charge in [0.2, 0.25) is 11.8 Å². The number of nitrogens with zero attached hydrogens (tertiary/aromatic N) is 3. The Labute approximate surface area is 153 Å². The van der Waals surface area contributed by atoms with Gasteiger partial charge in [-0.1, -0.05) is 19.3 Å². The Kier molecular flexibility index (Phi) is 6.80. The molecule has 1 aromatic rings.